The zero-order valence-electron chi connectivity index (χ0n) is 11.7. The van der Waals surface area contributed by atoms with Crippen LogP contribution in [0, 0.1) is 0 Å². The smallest absolute Gasteiger partial charge is 0.107 e. The van der Waals surface area contributed by atoms with Crippen molar-refractivity contribution in [3.05, 3.63) is 16.1 Å². The van der Waals surface area contributed by atoms with Crippen molar-refractivity contribution < 1.29 is 0 Å². The first kappa shape index (κ1) is 15.9. The van der Waals surface area contributed by atoms with E-state index in [1.807, 2.05) is 17.5 Å². The van der Waals surface area contributed by atoms with E-state index in [0.717, 1.165) is 19.6 Å². The van der Waals surface area contributed by atoms with Gasteiger partial charge in [-0.25, -0.2) is 4.98 Å². The van der Waals surface area contributed by atoms with E-state index in [0.29, 0.717) is 6.04 Å². The number of nitrogens with zero attached hydrogens (tertiary/aromatic N) is 2. The molecule has 1 atom stereocenters. The lowest BCUT2D eigenvalue weighted by atomic mass is 9.96. The number of rotatable bonds is 3. The Morgan fingerprint density at radius 2 is 2.22 bits per heavy atom. The minimum Gasteiger partial charge on any atom is -0.315 e. The van der Waals surface area contributed by atoms with Crippen LogP contribution in [0.2, 0.25) is 0 Å². The summed E-state index contributed by atoms with van der Waals surface area (Å²) >= 11 is 1.85. The molecule has 2 heterocycles. The first-order chi connectivity index (χ1) is 7.97. The summed E-state index contributed by atoms with van der Waals surface area (Å²) in [4.78, 5) is 8.35. The monoisotopic (exact) mass is 289 g/mol. The van der Waals surface area contributed by atoms with Gasteiger partial charge >= 0.3 is 0 Å². The quantitative estimate of drug-likeness (QED) is 0.927. The van der Waals surface area contributed by atoms with Gasteiger partial charge < -0.3 is 5.32 Å². The molecule has 0 spiro atoms. The molecular weight excluding hydrogens is 266 g/mol. The van der Waals surface area contributed by atoms with Crippen LogP contribution in [0.3, 0.4) is 0 Å². The Bertz CT molecular complexity index is 367. The van der Waals surface area contributed by atoms with Gasteiger partial charge in [0.25, 0.3) is 0 Å². The molecule has 1 fully saturated rings. The Morgan fingerprint density at radius 1 is 1.50 bits per heavy atom. The maximum absolute atomic E-state index is 4.55. The van der Waals surface area contributed by atoms with Gasteiger partial charge in [0.2, 0.25) is 0 Å². The van der Waals surface area contributed by atoms with Crippen LogP contribution in [0.5, 0.6) is 0 Å². The molecule has 0 radical (unpaired) electrons. The fraction of sp³-hybridized carbons (Fsp3) is 0.769. The summed E-state index contributed by atoms with van der Waals surface area (Å²) in [5, 5.41) is 4.65. The molecular formula is C13H24ClN3S. The minimum atomic E-state index is 0. The molecule has 1 saturated heterocycles. The predicted molar refractivity (Wildman–Crippen MR) is 80.8 cm³/mol. The topological polar surface area (TPSA) is 28.2 Å². The average molecular weight is 290 g/mol. The van der Waals surface area contributed by atoms with Crippen molar-refractivity contribution in [2.45, 2.75) is 45.2 Å². The number of likely N-dealkylation sites (N-methyl/N-ethyl adjacent to an activating group) is 1. The number of hydrogen-bond donors (Lipinski definition) is 1. The van der Waals surface area contributed by atoms with Crippen molar-refractivity contribution in [2.75, 3.05) is 20.1 Å². The summed E-state index contributed by atoms with van der Waals surface area (Å²) in [6.07, 6.45) is 3.30. The van der Waals surface area contributed by atoms with E-state index in [-0.39, 0.29) is 17.8 Å². The van der Waals surface area contributed by atoms with E-state index in [1.165, 1.54) is 16.3 Å². The summed E-state index contributed by atoms with van der Waals surface area (Å²) in [5.41, 5.74) is 0.226. The number of thiazole rings is 1. The fourth-order valence-corrected chi connectivity index (χ4v) is 3.13. The van der Waals surface area contributed by atoms with Crippen LogP contribution in [-0.4, -0.2) is 36.1 Å². The van der Waals surface area contributed by atoms with E-state index in [9.17, 15) is 0 Å². The van der Waals surface area contributed by atoms with Crippen LogP contribution < -0.4 is 5.32 Å². The summed E-state index contributed by atoms with van der Waals surface area (Å²) in [6, 6.07) is 0.678. The highest BCUT2D eigenvalue weighted by Gasteiger charge is 2.21. The van der Waals surface area contributed by atoms with Gasteiger partial charge in [0.1, 0.15) is 5.01 Å². The summed E-state index contributed by atoms with van der Waals surface area (Å²) in [6.45, 7) is 9.99. The second kappa shape index (κ2) is 6.33. The molecule has 1 aromatic rings. The molecule has 0 aromatic carbocycles. The second-order valence-electron chi connectivity index (χ2n) is 5.93. The molecule has 3 nitrogen and oxygen atoms in total. The molecule has 1 unspecified atom stereocenters. The average Bonchev–Trinajstić information content (AvgIpc) is 2.85. The second-order valence-corrected chi connectivity index (χ2v) is 7.05. The summed E-state index contributed by atoms with van der Waals surface area (Å²) in [5.74, 6) is 0. The Balaban J connectivity index is 0.00000162. The Morgan fingerprint density at radius 3 is 2.72 bits per heavy atom. The van der Waals surface area contributed by atoms with Gasteiger partial charge in [0.05, 0.1) is 6.54 Å². The van der Waals surface area contributed by atoms with E-state index in [4.69, 9.17) is 0 Å². The lowest BCUT2D eigenvalue weighted by Crippen LogP contribution is -2.32. The predicted octanol–water partition coefficient (Wildman–Crippen LogP) is 2.66. The molecule has 1 aliphatic rings. The standard InChI is InChI=1S/C13H23N3S.ClH/c1-13(2,3)11-8-15-12(17-11)9-16(4)10-5-6-14-7-10;/h8,10,14H,5-7,9H2,1-4H3;1H. The SMILES string of the molecule is CN(Cc1ncc(C(C)(C)C)s1)C1CCNC1.Cl. The normalized spacial score (nSPS) is 20.2. The zero-order chi connectivity index (χ0) is 12.5. The van der Waals surface area contributed by atoms with Gasteiger partial charge in [-0.2, -0.15) is 0 Å². The molecule has 5 heteroatoms. The van der Waals surface area contributed by atoms with Crippen molar-refractivity contribution in [3.8, 4) is 0 Å². The first-order valence-electron chi connectivity index (χ1n) is 6.33. The van der Waals surface area contributed by atoms with Crippen molar-refractivity contribution >= 4 is 23.7 Å². The van der Waals surface area contributed by atoms with Crippen LogP contribution in [0.15, 0.2) is 6.20 Å². The lowest BCUT2D eigenvalue weighted by molar-refractivity contribution is 0.248. The number of aromatic nitrogens is 1. The highest BCUT2D eigenvalue weighted by Crippen LogP contribution is 2.28. The first-order valence-corrected chi connectivity index (χ1v) is 7.14. The molecule has 0 amide bonds. The van der Waals surface area contributed by atoms with Gasteiger partial charge in [0, 0.05) is 23.7 Å². The third-order valence-electron chi connectivity index (χ3n) is 3.34. The van der Waals surface area contributed by atoms with Crippen LogP contribution >= 0.6 is 23.7 Å². The maximum Gasteiger partial charge on any atom is 0.107 e. The molecule has 18 heavy (non-hydrogen) atoms. The summed E-state index contributed by atoms with van der Waals surface area (Å²) < 4.78 is 0. The van der Waals surface area contributed by atoms with Crippen LogP contribution in [-0.2, 0) is 12.0 Å². The Labute approximate surface area is 120 Å². The van der Waals surface area contributed by atoms with E-state index >= 15 is 0 Å². The minimum absolute atomic E-state index is 0. The van der Waals surface area contributed by atoms with Crippen molar-refractivity contribution in [1.82, 2.24) is 15.2 Å². The highest BCUT2D eigenvalue weighted by atomic mass is 35.5. The van der Waals surface area contributed by atoms with Crippen molar-refractivity contribution in [2.24, 2.45) is 0 Å². The van der Waals surface area contributed by atoms with Gasteiger partial charge in [-0.05, 0) is 25.4 Å². The molecule has 0 bridgehead atoms. The Hall–Kier alpha value is -0.160. The number of hydrogen-bond acceptors (Lipinski definition) is 4. The molecule has 2 rings (SSSR count). The van der Waals surface area contributed by atoms with E-state index in [1.54, 1.807) is 0 Å². The molecule has 1 N–H and O–H groups in total. The van der Waals surface area contributed by atoms with Gasteiger partial charge in [-0.3, -0.25) is 4.90 Å². The third-order valence-corrected chi connectivity index (χ3v) is 4.74. The molecule has 1 aliphatic heterocycles. The molecule has 0 saturated carbocycles. The summed E-state index contributed by atoms with van der Waals surface area (Å²) in [7, 11) is 2.20. The van der Waals surface area contributed by atoms with Crippen LogP contribution in [0.25, 0.3) is 0 Å². The third kappa shape index (κ3) is 3.92. The maximum atomic E-state index is 4.55. The lowest BCUT2D eigenvalue weighted by Gasteiger charge is -2.22. The molecule has 104 valence electrons. The van der Waals surface area contributed by atoms with Gasteiger partial charge in [-0.1, -0.05) is 20.8 Å². The van der Waals surface area contributed by atoms with E-state index < -0.39 is 0 Å². The van der Waals surface area contributed by atoms with Crippen LogP contribution in [0.1, 0.15) is 37.1 Å². The highest BCUT2D eigenvalue weighted by molar-refractivity contribution is 7.11. The Kier molecular flexibility index (Phi) is 5.59. The van der Waals surface area contributed by atoms with Crippen LogP contribution in [0.4, 0.5) is 0 Å². The fourth-order valence-electron chi connectivity index (χ4n) is 2.09. The largest absolute Gasteiger partial charge is 0.315 e. The molecule has 0 aliphatic carbocycles. The van der Waals surface area contributed by atoms with Gasteiger partial charge in [0.15, 0.2) is 0 Å². The zero-order valence-corrected chi connectivity index (χ0v) is 13.3. The van der Waals surface area contributed by atoms with E-state index in [2.05, 4.69) is 43.0 Å². The number of nitrogens with one attached hydrogen (secondary N) is 1. The number of halogens is 1. The molecule has 1 aromatic heterocycles. The van der Waals surface area contributed by atoms with Crippen molar-refractivity contribution in [1.29, 1.82) is 0 Å². The van der Waals surface area contributed by atoms with Crippen molar-refractivity contribution in [3.63, 3.8) is 0 Å². The van der Waals surface area contributed by atoms with Gasteiger partial charge in [-0.15, -0.1) is 23.7 Å².